The fourth-order valence-electron chi connectivity index (χ4n) is 3.46. The Hall–Kier alpha value is -0.460. The Bertz CT molecular complexity index is 473. The largest absolute Gasteiger partial charge is 0.457 e. The smallest absolute Gasteiger partial charge is 0.435 e. The molecule has 2 unspecified atom stereocenters. The van der Waals surface area contributed by atoms with Crippen molar-refractivity contribution in [2.24, 2.45) is 0 Å². The third kappa shape index (κ3) is 20.2. The van der Waals surface area contributed by atoms with Gasteiger partial charge in [-0.3, -0.25) is 4.52 Å². The number of aliphatic hydroxyl groups is 1. The number of ether oxygens (including phenoxy) is 2. The van der Waals surface area contributed by atoms with E-state index in [1.807, 2.05) is 0 Å². The molecule has 0 spiro atoms. The third-order valence-corrected chi connectivity index (χ3v) is 6.48. The average Bonchev–Trinajstić information content (AvgIpc) is 2.77. The summed E-state index contributed by atoms with van der Waals surface area (Å²) in [6, 6.07) is 0. The van der Waals surface area contributed by atoms with E-state index in [1.165, 1.54) is 96.8 Å². The van der Waals surface area contributed by atoms with E-state index in [0.29, 0.717) is 6.61 Å². The number of hydrogen-bond acceptors (Lipinski definition) is 6. The summed E-state index contributed by atoms with van der Waals surface area (Å²) in [7, 11) is -4.51. The zero-order chi connectivity index (χ0) is 23.9. The molecule has 0 saturated carbocycles. The summed E-state index contributed by atoms with van der Waals surface area (Å²) in [5.41, 5.74) is -1.30. The Morgan fingerprint density at radius 1 is 0.750 bits per heavy atom. The molecule has 0 aromatic carbocycles. The van der Waals surface area contributed by atoms with Crippen molar-refractivity contribution in [3.05, 3.63) is 0 Å². The van der Waals surface area contributed by atoms with Crippen LogP contribution in [0, 0.1) is 0 Å². The van der Waals surface area contributed by atoms with Gasteiger partial charge in [0, 0.05) is 6.61 Å². The van der Waals surface area contributed by atoms with Crippen LogP contribution in [0.25, 0.3) is 0 Å². The minimum absolute atomic E-state index is 0.00155. The second-order valence-electron chi connectivity index (χ2n) is 8.55. The molecule has 0 rings (SSSR count). The van der Waals surface area contributed by atoms with Gasteiger partial charge < -0.3 is 19.5 Å². The van der Waals surface area contributed by atoms with Gasteiger partial charge in [0.15, 0.2) is 0 Å². The highest BCUT2D eigenvalue weighted by Crippen LogP contribution is 2.44. The summed E-state index contributed by atoms with van der Waals surface area (Å²) in [5, 5.41) is 9.72. The molecule has 7 nitrogen and oxygen atoms in total. The van der Waals surface area contributed by atoms with Gasteiger partial charge in [-0.15, -0.1) is 0 Å². The third-order valence-electron chi connectivity index (χ3n) is 5.39. The highest BCUT2D eigenvalue weighted by molar-refractivity contribution is 7.70. The highest BCUT2D eigenvalue weighted by atomic mass is 31.2. The van der Waals surface area contributed by atoms with Crippen LogP contribution in [0.2, 0.25) is 0 Å². The zero-order valence-electron chi connectivity index (χ0n) is 20.6. The quantitative estimate of drug-likeness (QED) is 0.113. The van der Waals surface area contributed by atoms with E-state index in [0.717, 1.165) is 12.8 Å². The molecule has 0 aromatic rings. The Morgan fingerprint density at radius 3 is 1.62 bits per heavy atom. The van der Waals surface area contributed by atoms with Crippen molar-refractivity contribution in [3.8, 4) is 0 Å². The SMILES string of the molecule is CCCCCCCCCCCCCCCCCCOCC(O)COP(=O)(O)C(=O)OCC. The lowest BCUT2D eigenvalue weighted by molar-refractivity contribution is 0.00876. The van der Waals surface area contributed by atoms with Gasteiger partial charge in [0.2, 0.25) is 0 Å². The molecule has 2 N–H and O–H groups in total. The molecular formula is C24H49O7P. The lowest BCUT2D eigenvalue weighted by Gasteiger charge is -2.14. The van der Waals surface area contributed by atoms with Crippen LogP contribution in [0.5, 0.6) is 0 Å². The second-order valence-corrected chi connectivity index (χ2v) is 10.2. The van der Waals surface area contributed by atoms with Gasteiger partial charge in [-0.1, -0.05) is 103 Å². The Morgan fingerprint density at radius 2 is 1.19 bits per heavy atom. The van der Waals surface area contributed by atoms with E-state index in [4.69, 9.17) is 4.74 Å². The standard InChI is InChI=1S/C24H49O7P/c1-3-5-6-7-8-9-10-11-12-13-14-15-16-17-18-19-20-29-21-23(25)22-31-32(27,28)24(26)30-4-2/h23,25H,3-22H2,1-2H3,(H,27,28). The molecule has 0 aliphatic carbocycles. The lowest BCUT2D eigenvalue weighted by atomic mass is 10.0. The van der Waals surface area contributed by atoms with E-state index < -0.39 is 26.0 Å². The minimum atomic E-state index is -4.51. The van der Waals surface area contributed by atoms with Crippen LogP contribution in [0.4, 0.5) is 4.79 Å². The maximum atomic E-state index is 11.6. The molecular weight excluding hydrogens is 431 g/mol. The van der Waals surface area contributed by atoms with Crippen molar-refractivity contribution in [1.82, 2.24) is 0 Å². The van der Waals surface area contributed by atoms with E-state index in [-0.39, 0.29) is 13.2 Å². The minimum Gasteiger partial charge on any atom is -0.457 e. The number of hydrogen-bond donors (Lipinski definition) is 2. The summed E-state index contributed by atoms with van der Waals surface area (Å²) in [4.78, 5) is 20.6. The molecule has 192 valence electrons. The van der Waals surface area contributed by atoms with Crippen molar-refractivity contribution in [2.75, 3.05) is 26.4 Å². The number of unbranched alkanes of at least 4 members (excludes halogenated alkanes) is 15. The molecule has 0 aliphatic rings. The van der Waals surface area contributed by atoms with Crippen LogP contribution in [-0.4, -0.2) is 48.2 Å². The molecule has 2 atom stereocenters. The monoisotopic (exact) mass is 480 g/mol. The normalized spacial score (nSPS) is 14.2. The fourth-order valence-corrected chi connectivity index (χ4v) is 4.24. The first kappa shape index (κ1) is 31.5. The predicted molar refractivity (Wildman–Crippen MR) is 129 cm³/mol. The van der Waals surface area contributed by atoms with Crippen LogP contribution < -0.4 is 0 Å². The number of aliphatic hydroxyl groups excluding tert-OH is 1. The summed E-state index contributed by atoms with van der Waals surface area (Å²) in [6.45, 7) is 3.85. The van der Waals surface area contributed by atoms with Crippen LogP contribution >= 0.6 is 7.60 Å². The first-order chi connectivity index (χ1) is 15.4. The van der Waals surface area contributed by atoms with Gasteiger partial charge in [-0.05, 0) is 13.3 Å². The second kappa shape index (κ2) is 22.3. The van der Waals surface area contributed by atoms with E-state index in [1.54, 1.807) is 0 Å². The van der Waals surface area contributed by atoms with Crippen molar-refractivity contribution in [1.29, 1.82) is 0 Å². The zero-order valence-corrected chi connectivity index (χ0v) is 21.5. The molecule has 0 heterocycles. The first-order valence-corrected chi connectivity index (χ1v) is 14.4. The summed E-state index contributed by atoms with van der Waals surface area (Å²) in [6.07, 6.45) is 19.9. The van der Waals surface area contributed by atoms with Crippen LogP contribution in [-0.2, 0) is 18.6 Å². The van der Waals surface area contributed by atoms with E-state index in [2.05, 4.69) is 16.2 Å². The molecule has 0 aromatic heterocycles. The van der Waals surface area contributed by atoms with E-state index in [9.17, 15) is 19.4 Å². The van der Waals surface area contributed by atoms with Crippen molar-refractivity contribution in [3.63, 3.8) is 0 Å². The van der Waals surface area contributed by atoms with Crippen LogP contribution in [0.3, 0.4) is 0 Å². The molecule has 0 amide bonds. The summed E-state index contributed by atoms with van der Waals surface area (Å²) < 4.78 is 26.0. The van der Waals surface area contributed by atoms with Gasteiger partial charge in [-0.25, -0.2) is 9.36 Å². The van der Waals surface area contributed by atoms with Gasteiger partial charge in [-0.2, -0.15) is 0 Å². The highest BCUT2D eigenvalue weighted by Gasteiger charge is 2.33. The molecule has 8 heteroatoms. The number of carbonyl (C=O) groups excluding carboxylic acids is 1. The molecule has 0 aliphatic heterocycles. The van der Waals surface area contributed by atoms with Gasteiger partial charge in [0.25, 0.3) is 0 Å². The van der Waals surface area contributed by atoms with Gasteiger partial charge >= 0.3 is 13.3 Å². The van der Waals surface area contributed by atoms with Gasteiger partial charge in [0.1, 0.15) is 6.10 Å². The van der Waals surface area contributed by atoms with Crippen molar-refractivity contribution >= 4 is 13.3 Å². The fraction of sp³-hybridized carbons (Fsp3) is 0.958. The Balaban J connectivity index is 3.34. The molecule has 0 radical (unpaired) electrons. The van der Waals surface area contributed by atoms with Crippen LogP contribution in [0.1, 0.15) is 117 Å². The average molecular weight is 481 g/mol. The summed E-state index contributed by atoms with van der Waals surface area (Å²) >= 11 is 0. The van der Waals surface area contributed by atoms with Crippen LogP contribution in [0.15, 0.2) is 0 Å². The maximum Gasteiger partial charge on any atom is 0.435 e. The lowest BCUT2D eigenvalue weighted by Crippen LogP contribution is -2.22. The Labute approximate surface area is 196 Å². The van der Waals surface area contributed by atoms with Gasteiger partial charge in [0.05, 0.1) is 19.8 Å². The molecule has 0 bridgehead atoms. The molecule has 0 fully saturated rings. The van der Waals surface area contributed by atoms with Crippen molar-refractivity contribution in [2.45, 2.75) is 123 Å². The maximum absolute atomic E-state index is 11.6. The number of rotatable bonds is 24. The predicted octanol–water partition coefficient (Wildman–Crippen LogP) is 6.98. The molecule has 32 heavy (non-hydrogen) atoms. The van der Waals surface area contributed by atoms with E-state index >= 15 is 0 Å². The topological polar surface area (TPSA) is 102 Å². The van der Waals surface area contributed by atoms with Crippen molar-refractivity contribution < 1.29 is 33.4 Å². The summed E-state index contributed by atoms with van der Waals surface area (Å²) in [5.74, 6) is 0. The molecule has 0 saturated heterocycles. The Kier molecular flexibility index (Phi) is 22.0. The number of carbonyl (C=O) groups is 1. The first-order valence-electron chi connectivity index (χ1n) is 12.8.